The van der Waals surface area contributed by atoms with Crippen LogP contribution in [0.1, 0.15) is 65.7 Å². The number of carbonyl (C=O) groups is 4. The van der Waals surface area contributed by atoms with Gasteiger partial charge >= 0.3 is 18.0 Å². The number of rotatable bonds is 9. The van der Waals surface area contributed by atoms with E-state index in [1.54, 1.807) is 4.90 Å². The van der Waals surface area contributed by atoms with Crippen LogP contribution in [-0.2, 0) is 19.1 Å². The minimum Gasteiger partial charge on any atom is -0.473 e. The summed E-state index contributed by atoms with van der Waals surface area (Å²) in [6, 6.07) is 0. The van der Waals surface area contributed by atoms with Crippen molar-refractivity contribution in [1.29, 1.82) is 0 Å². The molecule has 1 rings (SSSR count). The Morgan fingerprint density at radius 2 is 1.55 bits per heavy atom. The second kappa shape index (κ2) is 16.8. The highest BCUT2D eigenvalue weighted by Crippen LogP contribution is 2.08. The summed E-state index contributed by atoms with van der Waals surface area (Å²) in [5.41, 5.74) is -0.463. The zero-order valence-electron chi connectivity index (χ0n) is 20.3. The number of carboxylic acid groups (broad SMARTS) is 2. The molecule has 33 heavy (non-hydrogen) atoms. The highest BCUT2D eigenvalue weighted by molar-refractivity contribution is 6.27. The van der Waals surface area contributed by atoms with Gasteiger partial charge in [-0.05, 0) is 59.5 Å². The number of likely N-dealkylation sites (tertiary alicyclic amines) is 1. The average molecular weight is 470 g/mol. The largest absolute Gasteiger partial charge is 0.473 e. The van der Waals surface area contributed by atoms with Crippen molar-refractivity contribution in [3.05, 3.63) is 0 Å². The molecule has 10 heteroatoms. The van der Waals surface area contributed by atoms with Crippen LogP contribution in [0.4, 0.5) is 4.79 Å². The third kappa shape index (κ3) is 18.5. The molecule has 1 heterocycles. The Morgan fingerprint density at radius 1 is 0.970 bits per heavy atom. The molecule has 0 aliphatic carbocycles. The summed E-state index contributed by atoms with van der Waals surface area (Å²) in [7, 11) is 1.82. The lowest BCUT2D eigenvalue weighted by Gasteiger charge is -2.19. The summed E-state index contributed by atoms with van der Waals surface area (Å²) in [6.07, 6.45) is 6.48. The maximum Gasteiger partial charge on any atom is 0.414 e. The smallest absolute Gasteiger partial charge is 0.414 e. The van der Waals surface area contributed by atoms with Crippen molar-refractivity contribution in [2.75, 3.05) is 39.8 Å². The molecule has 1 aliphatic rings. The molecular formula is C23H39N3O7. The van der Waals surface area contributed by atoms with Gasteiger partial charge < -0.3 is 25.2 Å². The number of hydrogen-bond donors (Lipinski definition) is 3. The van der Waals surface area contributed by atoms with Gasteiger partial charge in [0.15, 0.2) is 0 Å². The third-order valence-electron chi connectivity index (χ3n) is 4.54. The fraction of sp³-hybridized carbons (Fsp3) is 0.739. The van der Waals surface area contributed by atoms with Crippen molar-refractivity contribution in [3.63, 3.8) is 0 Å². The number of carbonyl (C=O) groups excluding carboxylic acids is 2. The predicted molar refractivity (Wildman–Crippen MR) is 124 cm³/mol. The normalized spacial score (nSPS) is 13.1. The van der Waals surface area contributed by atoms with Gasteiger partial charge in [-0.25, -0.2) is 14.4 Å². The van der Waals surface area contributed by atoms with E-state index in [0.29, 0.717) is 19.5 Å². The SMILES string of the molecule is CN(CC#CCN1CCCC1)C(=O)CCCCCCNC(=O)OC(C)(C)C.O=C(O)C(=O)O. The Labute approximate surface area is 196 Å². The summed E-state index contributed by atoms with van der Waals surface area (Å²) < 4.78 is 5.18. The van der Waals surface area contributed by atoms with Crippen molar-refractivity contribution >= 4 is 23.9 Å². The van der Waals surface area contributed by atoms with E-state index in [4.69, 9.17) is 24.5 Å². The molecule has 0 aromatic rings. The number of nitrogens with zero attached hydrogens (tertiary/aromatic N) is 2. The van der Waals surface area contributed by atoms with Crippen LogP contribution in [0.15, 0.2) is 0 Å². The van der Waals surface area contributed by atoms with E-state index in [9.17, 15) is 9.59 Å². The monoisotopic (exact) mass is 469 g/mol. The third-order valence-corrected chi connectivity index (χ3v) is 4.54. The second-order valence-corrected chi connectivity index (χ2v) is 8.79. The fourth-order valence-corrected chi connectivity index (χ4v) is 2.82. The van der Waals surface area contributed by atoms with Crippen LogP contribution in [0.25, 0.3) is 0 Å². The number of hydrogen-bond acceptors (Lipinski definition) is 6. The van der Waals surface area contributed by atoms with Crippen LogP contribution in [-0.4, -0.2) is 89.3 Å². The zero-order chi connectivity index (χ0) is 25.3. The molecule has 0 aromatic heterocycles. The predicted octanol–water partition coefficient (Wildman–Crippen LogP) is 2.17. The Bertz CT molecular complexity index is 674. The molecule has 0 atom stereocenters. The van der Waals surface area contributed by atoms with E-state index in [1.807, 2.05) is 27.8 Å². The lowest BCUT2D eigenvalue weighted by Crippen LogP contribution is -2.33. The summed E-state index contributed by atoms with van der Waals surface area (Å²) in [4.78, 5) is 45.8. The van der Waals surface area contributed by atoms with Crippen LogP contribution in [0, 0.1) is 11.8 Å². The number of ether oxygens (including phenoxy) is 1. The molecule has 0 saturated carbocycles. The fourth-order valence-electron chi connectivity index (χ4n) is 2.82. The van der Waals surface area contributed by atoms with Crippen molar-refractivity contribution in [2.45, 2.75) is 71.3 Å². The molecule has 3 N–H and O–H groups in total. The summed E-state index contributed by atoms with van der Waals surface area (Å²) in [5.74, 6) is 2.77. The Balaban J connectivity index is 0.00000150. The number of carboxylic acids is 2. The minimum atomic E-state index is -1.82. The van der Waals surface area contributed by atoms with Gasteiger partial charge in [0.25, 0.3) is 0 Å². The molecular weight excluding hydrogens is 430 g/mol. The van der Waals surface area contributed by atoms with Crippen molar-refractivity contribution in [2.24, 2.45) is 0 Å². The molecule has 10 nitrogen and oxygen atoms in total. The average Bonchev–Trinajstić information content (AvgIpc) is 3.22. The number of alkyl carbamates (subject to hydrolysis) is 1. The van der Waals surface area contributed by atoms with Gasteiger partial charge in [-0.1, -0.05) is 24.7 Å². The molecule has 0 unspecified atom stereocenters. The molecule has 1 fully saturated rings. The molecule has 0 radical (unpaired) electrons. The van der Waals surface area contributed by atoms with E-state index >= 15 is 0 Å². The minimum absolute atomic E-state index is 0.150. The van der Waals surface area contributed by atoms with Crippen molar-refractivity contribution < 1.29 is 34.1 Å². The summed E-state index contributed by atoms with van der Waals surface area (Å²) >= 11 is 0. The van der Waals surface area contributed by atoms with Crippen LogP contribution in [0.2, 0.25) is 0 Å². The first-order chi connectivity index (χ1) is 15.4. The number of nitrogens with one attached hydrogen (secondary N) is 1. The maximum absolute atomic E-state index is 12.1. The van der Waals surface area contributed by atoms with E-state index in [0.717, 1.165) is 45.3 Å². The standard InChI is InChI=1S/C21H37N3O3.C2H2O4/c1-21(2,3)27-20(26)22-14-8-6-5-7-13-19(25)23(4)15-9-10-16-24-17-11-12-18-24;3-1(4)2(5)6/h5-8,11-18H2,1-4H3,(H,22,26);(H,3,4)(H,5,6). The molecule has 0 aromatic carbocycles. The van der Waals surface area contributed by atoms with E-state index in [2.05, 4.69) is 22.1 Å². The van der Waals surface area contributed by atoms with Gasteiger partial charge in [-0.15, -0.1) is 0 Å². The van der Waals surface area contributed by atoms with Crippen LogP contribution < -0.4 is 5.32 Å². The van der Waals surface area contributed by atoms with Gasteiger partial charge in [0.05, 0.1) is 13.1 Å². The highest BCUT2D eigenvalue weighted by Gasteiger charge is 2.15. The number of aliphatic carboxylic acids is 2. The van der Waals surface area contributed by atoms with Crippen molar-refractivity contribution in [1.82, 2.24) is 15.1 Å². The number of amides is 2. The summed E-state index contributed by atoms with van der Waals surface area (Å²) in [5, 5.41) is 17.5. The molecule has 1 saturated heterocycles. The summed E-state index contributed by atoms with van der Waals surface area (Å²) in [6.45, 7) is 9.77. The lowest BCUT2D eigenvalue weighted by atomic mass is 10.1. The van der Waals surface area contributed by atoms with Crippen LogP contribution in [0.5, 0.6) is 0 Å². The lowest BCUT2D eigenvalue weighted by molar-refractivity contribution is -0.159. The first kappa shape index (κ1) is 30.2. The topological polar surface area (TPSA) is 136 Å². The zero-order valence-corrected chi connectivity index (χ0v) is 20.3. The first-order valence-corrected chi connectivity index (χ1v) is 11.3. The Hall–Kier alpha value is -2.80. The number of unbranched alkanes of at least 4 members (excludes halogenated alkanes) is 3. The molecule has 1 aliphatic heterocycles. The van der Waals surface area contributed by atoms with E-state index in [1.165, 1.54) is 12.8 Å². The van der Waals surface area contributed by atoms with Gasteiger partial charge in [-0.3, -0.25) is 9.69 Å². The molecule has 0 spiro atoms. The highest BCUT2D eigenvalue weighted by atomic mass is 16.6. The van der Waals surface area contributed by atoms with Gasteiger partial charge in [0, 0.05) is 20.0 Å². The first-order valence-electron chi connectivity index (χ1n) is 11.3. The van der Waals surface area contributed by atoms with Crippen LogP contribution in [0.3, 0.4) is 0 Å². The van der Waals surface area contributed by atoms with Gasteiger partial charge in [0.2, 0.25) is 5.91 Å². The van der Waals surface area contributed by atoms with Crippen LogP contribution >= 0.6 is 0 Å². The second-order valence-electron chi connectivity index (χ2n) is 8.79. The molecule has 188 valence electrons. The quantitative estimate of drug-likeness (QED) is 0.265. The maximum atomic E-state index is 12.1. The molecule has 2 amide bonds. The molecule has 0 bridgehead atoms. The van der Waals surface area contributed by atoms with E-state index in [-0.39, 0.29) is 12.0 Å². The van der Waals surface area contributed by atoms with E-state index < -0.39 is 17.5 Å². The van der Waals surface area contributed by atoms with Gasteiger partial charge in [-0.2, -0.15) is 0 Å². The van der Waals surface area contributed by atoms with Crippen molar-refractivity contribution in [3.8, 4) is 11.8 Å². The Kier molecular flexibility index (Phi) is 15.4. The Morgan fingerprint density at radius 3 is 2.09 bits per heavy atom. The van der Waals surface area contributed by atoms with Gasteiger partial charge in [0.1, 0.15) is 5.60 Å².